The molecule has 3 atom stereocenters. The number of benzene rings is 1. The van der Waals surface area contributed by atoms with Gasteiger partial charge in [0, 0.05) is 0 Å². The molecule has 0 heterocycles. The number of aliphatic hydroxyl groups is 1. The van der Waals surface area contributed by atoms with Crippen molar-refractivity contribution in [3.8, 4) is 0 Å². The smallest absolute Gasteiger partial charge is 0.192 e. The molecular weight excluding hydrogens is 400 g/mol. The highest BCUT2D eigenvalue weighted by Gasteiger charge is 2.40. The third-order valence-electron chi connectivity index (χ3n) is 6.29. The molecule has 4 heteroatoms. The largest absolute Gasteiger partial charge is 0.411 e. The first-order valence-electron chi connectivity index (χ1n) is 11.6. The maximum absolute atomic E-state index is 9.25. The summed E-state index contributed by atoms with van der Waals surface area (Å²) in [4.78, 5) is 0. The molecule has 0 aliphatic rings. The van der Waals surface area contributed by atoms with Crippen molar-refractivity contribution in [3.63, 3.8) is 0 Å². The first-order valence-corrected chi connectivity index (χ1v) is 14.5. The Morgan fingerprint density at radius 1 is 1.06 bits per heavy atom. The summed E-state index contributed by atoms with van der Waals surface area (Å²) in [6, 6.07) is 10.3. The molecule has 3 nitrogen and oxygen atoms in total. The minimum absolute atomic E-state index is 0.00679. The molecule has 0 saturated heterocycles. The summed E-state index contributed by atoms with van der Waals surface area (Å²) in [6.07, 6.45) is 6.36. The molecule has 0 amide bonds. The summed E-state index contributed by atoms with van der Waals surface area (Å²) >= 11 is 0. The quantitative estimate of drug-likeness (QED) is 0.271. The van der Waals surface area contributed by atoms with Crippen molar-refractivity contribution in [2.24, 2.45) is 5.92 Å². The van der Waals surface area contributed by atoms with E-state index in [4.69, 9.17) is 9.16 Å². The van der Waals surface area contributed by atoms with Crippen LogP contribution in [0.1, 0.15) is 66.9 Å². The Hall–Kier alpha value is -1.20. The van der Waals surface area contributed by atoms with Crippen LogP contribution in [0, 0.1) is 5.92 Å². The fourth-order valence-electron chi connectivity index (χ4n) is 3.31. The van der Waals surface area contributed by atoms with Crippen molar-refractivity contribution in [2.75, 3.05) is 6.61 Å². The highest BCUT2D eigenvalue weighted by Crippen LogP contribution is 2.38. The topological polar surface area (TPSA) is 38.7 Å². The van der Waals surface area contributed by atoms with Crippen molar-refractivity contribution in [1.82, 2.24) is 0 Å². The summed E-state index contributed by atoms with van der Waals surface area (Å²) < 4.78 is 13.1. The van der Waals surface area contributed by atoms with Crippen LogP contribution in [0.4, 0.5) is 0 Å². The zero-order valence-electron chi connectivity index (χ0n) is 21.4. The summed E-state index contributed by atoms with van der Waals surface area (Å²) in [5, 5.41) is 9.41. The van der Waals surface area contributed by atoms with Crippen LogP contribution in [0.15, 0.2) is 53.6 Å². The van der Waals surface area contributed by atoms with Crippen LogP contribution in [0.5, 0.6) is 0 Å². The molecule has 1 unspecified atom stereocenters. The Labute approximate surface area is 192 Å². The van der Waals surface area contributed by atoms with Crippen LogP contribution in [-0.4, -0.2) is 32.2 Å². The van der Waals surface area contributed by atoms with Gasteiger partial charge in [0.05, 0.1) is 25.4 Å². The van der Waals surface area contributed by atoms with E-state index >= 15 is 0 Å². The third kappa shape index (κ3) is 10.3. The maximum Gasteiger partial charge on any atom is 0.192 e. The minimum Gasteiger partial charge on any atom is -0.411 e. The second-order valence-corrected chi connectivity index (χ2v) is 15.3. The molecule has 0 aromatic heterocycles. The van der Waals surface area contributed by atoms with Gasteiger partial charge in [0.2, 0.25) is 0 Å². The number of hydrogen-bond donors (Lipinski definition) is 1. The van der Waals surface area contributed by atoms with Crippen LogP contribution in [-0.2, 0) is 15.8 Å². The second kappa shape index (κ2) is 12.7. The van der Waals surface area contributed by atoms with Gasteiger partial charge in [-0.25, -0.2) is 0 Å². The SMILES string of the molecule is C/C(=C/C[C@H](O[Si](C)(C)C(C)(C)C)[C@H](C)OCc1ccccc1)CC(C)/C=C(\C)CO. The fourth-order valence-corrected chi connectivity index (χ4v) is 4.70. The highest BCUT2D eigenvalue weighted by atomic mass is 28.4. The van der Waals surface area contributed by atoms with E-state index in [1.165, 1.54) is 11.1 Å². The lowest BCUT2D eigenvalue weighted by atomic mass is 9.98. The van der Waals surface area contributed by atoms with Crippen LogP contribution < -0.4 is 0 Å². The van der Waals surface area contributed by atoms with Crippen LogP contribution in [0.25, 0.3) is 0 Å². The number of ether oxygens (including phenoxy) is 1. The molecule has 1 aromatic carbocycles. The third-order valence-corrected chi connectivity index (χ3v) is 10.8. The molecule has 1 N–H and O–H groups in total. The second-order valence-electron chi connectivity index (χ2n) is 10.6. The molecular formula is C27H46O3Si. The zero-order valence-corrected chi connectivity index (χ0v) is 22.4. The molecule has 0 bridgehead atoms. The van der Waals surface area contributed by atoms with Gasteiger partial charge < -0.3 is 14.3 Å². The predicted octanol–water partition coefficient (Wildman–Crippen LogP) is 7.28. The number of aliphatic hydroxyl groups excluding tert-OH is 1. The maximum atomic E-state index is 9.25. The lowest BCUT2D eigenvalue weighted by molar-refractivity contribution is -0.0277. The van der Waals surface area contributed by atoms with Crippen molar-refractivity contribution in [1.29, 1.82) is 0 Å². The number of hydrogen-bond acceptors (Lipinski definition) is 3. The molecule has 0 aliphatic heterocycles. The van der Waals surface area contributed by atoms with E-state index in [9.17, 15) is 5.11 Å². The standard InChI is InChI=1S/C27H46O3Si/c1-21(17-22(2)18-23(3)19-28)15-16-26(30-31(8,9)27(5,6)7)24(4)29-20-25-13-11-10-12-14-25/h10-15,18,22,24,26,28H,16-17,19-20H2,1-9H3/b21-15-,23-18+/t22?,24-,26-/m0/s1. The average molecular weight is 447 g/mol. The monoisotopic (exact) mass is 446 g/mol. The van der Waals surface area contributed by atoms with Crippen molar-refractivity contribution < 1.29 is 14.3 Å². The van der Waals surface area contributed by atoms with Gasteiger partial charge in [-0.2, -0.15) is 0 Å². The summed E-state index contributed by atoms with van der Waals surface area (Å²) in [5.74, 6) is 0.412. The van der Waals surface area contributed by atoms with E-state index in [0.29, 0.717) is 12.5 Å². The van der Waals surface area contributed by atoms with Gasteiger partial charge in [-0.1, -0.05) is 81.3 Å². The van der Waals surface area contributed by atoms with Crippen LogP contribution in [0.2, 0.25) is 18.1 Å². The van der Waals surface area contributed by atoms with Gasteiger partial charge in [0.15, 0.2) is 8.32 Å². The first kappa shape index (κ1) is 27.8. The Balaban J connectivity index is 2.88. The average Bonchev–Trinajstić information content (AvgIpc) is 2.68. The van der Waals surface area contributed by atoms with E-state index in [1.54, 1.807) is 0 Å². The summed E-state index contributed by atoms with van der Waals surface area (Å²) in [7, 11) is -1.92. The fraction of sp³-hybridized carbons (Fsp3) is 0.630. The van der Waals surface area contributed by atoms with Gasteiger partial charge >= 0.3 is 0 Å². The summed E-state index contributed by atoms with van der Waals surface area (Å²) in [6.45, 7) is 20.7. The Morgan fingerprint density at radius 2 is 1.68 bits per heavy atom. The minimum atomic E-state index is -1.92. The van der Waals surface area contributed by atoms with E-state index in [-0.39, 0.29) is 23.9 Å². The lowest BCUT2D eigenvalue weighted by Gasteiger charge is -2.40. The van der Waals surface area contributed by atoms with Gasteiger partial charge in [-0.15, -0.1) is 0 Å². The van der Waals surface area contributed by atoms with Crippen LogP contribution in [0.3, 0.4) is 0 Å². The summed E-state index contributed by atoms with van der Waals surface area (Å²) in [5.41, 5.74) is 3.57. The molecule has 0 radical (unpaired) electrons. The van der Waals surface area contributed by atoms with E-state index in [2.05, 4.69) is 78.9 Å². The van der Waals surface area contributed by atoms with Crippen molar-refractivity contribution in [3.05, 3.63) is 59.2 Å². The highest BCUT2D eigenvalue weighted by molar-refractivity contribution is 6.74. The molecule has 1 aromatic rings. The van der Waals surface area contributed by atoms with Gasteiger partial charge in [-0.05, 0) is 63.2 Å². The molecule has 0 fully saturated rings. The van der Waals surface area contributed by atoms with E-state index in [1.807, 2.05) is 25.1 Å². The molecule has 31 heavy (non-hydrogen) atoms. The molecule has 176 valence electrons. The lowest BCUT2D eigenvalue weighted by Crippen LogP contribution is -2.47. The van der Waals surface area contributed by atoms with Crippen molar-refractivity contribution in [2.45, 2.75) is 98.3 Å². The van der Waals surface area contributed by atoms with Gasteiger partial charge in [0.1, 0.15) is 0 Å². The first-order chi connectivity index (χ1) is 14.4. The molecule has 0 aliphatic carbocycles. The normalized spacial score (nSPS) is 16.8. The van der Waals surface area contributed by atoms with Gasteiger partial charge in [-0.3, -0.25) is 0 Å². The van der Waals surface area contributed by atoms with Crippen LogP contribution >= 0.6 is 0 Å². The molecule has 1 rings (SSSR count). The number of rotatable bonds is 12. The molecule has 0 spiro atoms. The predicted molar refractivity (Wildman–Crippen MR) is 136 cm³/mol. The number of allylic oxidation sites excluding steroid dienone is 2. The Morgan fingerprint density at radius 3 is 2.23 bits per heavy atom. The Kier molecular flexibility index (Phi) is 11.4. The van der Waals surface area contributed by atoms with Gasteiger partial charge in [0.25, 0.3) is 0 Å². The van der Waals surface area contributed by atoms with E-state index in [0.717, 1.165) is 18.4 Å². The van der Waals surface area contributed by atoms with Crippen molar-refractivity contribution >= 4 is 8.32 Å². The molecule has 0 saturated carbocycles. The van der Waals surface area contributed by atoms with E-state index < -0.39 is 8.32 Å². The zero-order chi connectivity index (χ0) is 23.7. The Bertz CT molecular complexity index is 701.